The maximum Gasteiger partial charge on any atom is 0.469 e. The number of carbonyl (C=O) groups excluding carboxylic acids is 2. The number of hydrogen-bond donors (Lipinski definition) is 3. The lowest BCUT2D eigenvalue weighted by Gasteiger charge is -2.18. The highest BCUT2D eigenvalue weighted by Gasteiger charge is 2.23. The average molecular weight is 761 g/mol. The van der Waals surface area contributed by atoms with Crippen LogP contribution in [0.3, 0.4) is 0 Å². The molecular formula is C43H69O9P. The van der Waals surface area contributed by atoms with Crippen LogP contribution < -0.4 is 0 Å². The van der Waals surface area contributed by atoms with E-state index < -0.39 is 45.2 Å². The van der Waals surface area contributed by atoms with Crippen LogP contribution in [0.4, 0.5) is 0 Å². The van der Waals surface area contributed by atoms with E-state index in [1.807, 2.05) is 12.2 Å². The second-order valence-corrected chi connectivity index (χ2v) is 14.0. The molecule has 2 atom stereocenters. The van der Waals surface area contributed by atoms with Crippen LogP contribution in [0.2, 0.25) is 0 Å². The van der Waals surface area contributed by atoms with E-state index in [2.05, 4.69) is 91.3 Å². The van der Waals surface area contributed by atoms with Crippen molar-refractivity contribution in [2.45, 2.75) is 148 Å². The number of phosphoric acid groups is 1. The Morgan fingerprint density at radius 3 is 1.72 bits per heavy atom. The predicted octanol–water partition coefficient (Wildman–Crippen LogP) is 10.8. The van der Waals surface area contributed by atoms with Gasteiger partial charge in [-0.25, -0.2) is 4.57 Å². The highest BCUT2D eigenvalue weighted by Crippen LogP contribution is 2.36. The molecule has 0 spiro atoms. The first-order valence-electron chi connectivity index (χ1n) is 19.6. The summed E-state index contributed by atoms with van der Waals surface area (Å²) in [5, 5.41) is 10.2. The molecule has 0 aliphatic carbocycles. The van der Waals surface area contributed by atoms with Crippen LogP contribution in [-0.2, 0) is 28.2 Å². The maximum absolute atomic E-state index is 12.4. The molecule has 0 saturated heterocycles. The molecule has 0 fully saturated rings. The van der Waals surface area contributed by atoms with Crippen molar-refractivity contribution in [3.05, 3.63) is 97.2 Å². The fraction of sp³-hybridized carbons (Fsp3) is 0.581. The number of aliphatic hydroxyl groups excluding tert-OH is 1. The SMILES string of the molecule is CC/C=C\C/C=C\C/C=C\C/C=C\C=C\C(O)CCCC(=O)OC[C@H](COP(=O)(O)O)OC(=O)CCCCCC/C=C\C/C=C\C/C=C\CCCCC. The number of allylic oxidation sites excluding steroid dienone is 15. The maximum atomic E-state index is 12.4. The van der Waals surface area contributed by atoms with E-state index in [9.17, 15) is 19.3 Å². The summed E-state index contributed by atoms with van der Waals surface area (Å²) in [6.07, 6.45) is 47.3. The Bertz CT molecular complexity index is 1190. The number of carbonyl (C=O) groups is 2. The van der Waals surface area contributed by atoms with Crippen molar-refractivity contribution in [1.29, 1.82) is 0 Å². The standard InChI is InChI=1S/C43H69O9P/c1-3-5-7-9-11-13-15-17-18-19-20-22-24-26-28-30-32-36-43(46)52-41(39-51-53(47,48)49)38-50-42(45)37-33-35-40(44)34-31-29-27-25-23-21-16-14-12-10-8-6-4-2/h6,8,11-14,17-18,20-23,27,29,31,34,40-41,44H,3-5,7,9-10,15-16,19,24-26,28,30,32-33,35-39H2,1-2H3,(H2,47,48,49)/b8-6-,13-11-,14-12-,18-17-,22-20-,23-21-,29-27-,34-31+/t40?,41-/m1/s1. The molecule has 0 aromatic carbocycles. The van der Waals surface area contributed by atoms with Gasteiger partial charge in [-0.05, 0) is 83.5 Å². The van der Waals surface area contributed by atoms with E-state index in [1.165, 1.54) is 19.3 Å². The minimum Gasteiger partial charge on any atom is -0.462 e. The normalized spacial score (nSPS) is 14.1. The molecule has 0 aliphatic rings. The summed E-state index contributed by atoms with van der Waals surface area (Å²) < 4.78 is 26.2. The largest absolute Gasteiger partial charge is 0.469 e. The summed E-state index contributed by atoms with van der Waals surface area (Å²) in [7, 11) is -4.81. The van der Waals surface area contributed by atoms with Gasteiger partial charge < -0.3 is 24.4 Å². The van der Waals surface area contributed by atoms with Gasteiger partial charge in [-0.3, -0.25) is 14.1 Å². The third-order valence-corrected chi connectivity index (χ3v) is 8.18. The summed E-state index contributed by atoms with van der Waals surface area (Å²) in [5.74, 6) is -1.13. The van der Waals surface area contributed by atoms with Crippen LogP contribution in [-0.4, -0.2) is 52.3 Å². The first-order chi connectivity index (χ1) is 25.7. The number of phosphoric ester groups is 1. The highest BCUT2D eigenvalue weighted by atomic mass is 31.2. The van der Waals surface area contributed by atoms with Gasteiger partial charge in [-0.1, -0.05) is 137 Å². The smallest absolute Gasteiger partial charge is 0.462 e. The van der Waals surface area contributed by atoms with Gasteiger partial charge in [0.2, 0.25) is 0 Å². The molecule has 3 N–H and O–H groups in total. The lowest BCUT2D eigenvalue weighted by Crippen LogP contribution is -2.29. The lowest BCUT2D eigenvalue weighted by atomic mass is 10.1. The Labute approximate surface area is 320 Å². The third kappa shape index (κ3) is 40.0. The molecule has 0 heterocycles. The molecule has 300 valence electrons. The van der Waals surface area contributed by atoms with Crippen LogP contribution in [0.1, 0.15) is 136 Å². The fourth-order valence-electron chi connectivity index (χ4n) is 4.76. The number of rotatable bonds is 34. The van der Waals surface area contributed by atoms with E-state index in [-0.39, 0.29) is 12.8 Å². The van der Waals surface area contributed by atoms with Crippen molar-refractivity contribution in [2.75, 3.05) is 13.2 Å². The zero-order valence-electron chi connectivity index (χ0n) is 32.5. The van der Waals surface area contributed by atoms with Crippen molar-refractivity contribution in [3.8, 4) is 0 Å². The van der Waals surface area contributed by atoms with Crippen LogP contribution >= 0.6 is 7.82 Å². The minimum absolute atomic E-state index is 0.0254. The second-order valence-electron chi connectivity index (χ2n) is 12.7. The Balaban J connectivity index is 4.23. The molecular weight excluding hydrogens is 691 g/mol. The quantitative estimate of drug-likeness (QED) is 0.0192. The molecule has 0 bridgehead atoms. The Hall–Kier alpha value is -3.07. The molecule has 9 nitrogen and oxygen atoms in total. The number of hydrogen-bond acceptors (Lipinski definition) is 7. The van der Waals surface area contributed by atoms with E-state index >= 15 is 0 Å². The van der Waals surface area contributed by atoms with Crippen molar-refractivity contribution in [2.24, 2.45) is 0 Å². The summed E-state index contributed by atoms with van der Waals surface area (Å²) >= 11 is 0. The van der Waals surface area contributed by atoms with Gasteiger partial charge >= 0.3 is 19.8 Å². The molecule has 10 heteroatoms. The molecule has 1 unspecified atom stereocenters. The van der Waals surface area contributed by atoms with Gasteiger partial charge in [-0.15, -0.1) is 0 Å². The lowest BCUT2D eigenvalue weighted by molar-refractivity contribution is -0.161. The van der Waals surface area contributed by atoms with Crippen LogP contribution in [0.5, 0.6) is 0 Å². The number of ether oxygens (including phenoxy) is 2. The van der Waals surface area contributed by atoms with E-state index in [0.717, 1.165) is 70.6 Å². The summed E-state index contributed by atoms with van der Waals surface area (Å²) in [6, 6.07) is 0. The highest BCUT2D eigenvalue weighted by molar-refractivity contribution is 7.46. The molecule has 0 aliphatic heterocycles. The first kappa shape index (κ1) is 49.9. The van der Waals surface area contributed by atoms with E-state index in [0.29, 0.717) is 19.3 Å². The van der Waals surface area contributed by atoms with Crippen LogP contribution in [0.15, 0.2) is 97.2 Å². The molecule has 0 amide bonds. The van der Waals surface area contributed by atoms with Crippen molar-refractivity contribution >= 4 is 19.8 Å². The number of aliphatic hydroxyl groups is 1. The number of esters is 2. The Morgan fingerprint density at radius 2 is 1.13 bits per heavy atom. The summed E-state index contributed by atoms with van der Waals surface area (Å²) in [5.41, 5.74) is 0. The number of unbranched alkanes of at least 4 members (excludes halogenated alkanes) is 7. The van der Waals surface area contributed by atoms with Gasteiger partial charge in [0.25, 0.3) is 0 Å². The first-order valence-corrected chi connectivity index (χ1v) is 21.2. The van der Waals surface area contributed by atoms with Crippen LogP contribution in [0, 0.1) is 0 Å². The van der Waals surface area contributed by atoms with Crippen molar-refractivity contribution in [1.82, 2.24) is 0 Å². The second kappa shape index (κ2) is 37.3. The van der Waals surface area contributed by atoms with Crippen LogP contribution in [0.25, 0.3) is 0 Å². The van der Waals surface area contributed by atoms with Crippen molar-refractivity contribution < 1.29 is 43.0 Å². The van der Waals surface area contributed by atoms with E-state index in [4.69, 9.17) is 19.3 Å². The molecule has 53 heavy (non-hydrogen) atoms. The molecule has 0 aromatic heterocycles. The van der Waals surface area contributed by atoms with Gasteiger partial charge in [-0.2, -0.15) is 0 Å². The molecule has 0 saturated carbocycles. The topological polar surface area (TPSA) is 140 Å². The van der Waals surface area contributed by atoms with Gasteiger partial charge in [0.1, 0.15) is 6.61 Å². The molecule has 0 rings (SSSR count). The summed E-state index contributed by atoms with van der Waals surface area (Å²) in [4.78, 5) is 42.8. The zero-order chi connectivity index (χ0) is 39.1. The monoisotopic (exact) mass is 760 g/mol. The zero-order valence-corrected chi connectivity index (χ0v) is 33.4. The average Bonchev–Trinajstić information content (AvgIpc) is 3.12. The minimum atomic E-state index is -4.81. The van der Waals surface area contributed by atoms with Gasteiger partial charge in [0.15, 0.2) is 6.10 Å². The Morgan fingerprint density at radius 1 is 0.604 bits per heavy atom. The third-order valence-electron chi connectivity index (χ3n) is 7.69. The molecule has 0 aromatic rings. The predicted molar refractivity (Wildman–Crippen MR) is 217 cm³/mol. The van der Waals surface area contributed by atoms with Crippen molar-refractivity contribution in [3.63, 3.8) is 0 Å². The molecule has 0 radical (unpaired) electrons. The Kier molecular flexibility index (Phi) is 35.1. The fourth-order valence-corrected chi connectivity index (χ4v) is 5.12. The van der Waals surface area contributed by atoms with E-state index in [1.54, 1.807) is 12.2 Å². The van der Waals surface area contributed by atoms with Gasteiger partial charge in [0, 0.05) is 12.8 Å². The summed E-state index contributed by atoms with van der Waals surface area (Å²) in [6.45, 7) is 3.33. The van der Waals surface area contributed by atoms with Gasteiger partial charge in [0.05, 0.1) is 12.7 Å².